The average molecular weight is 575 g/mol. The Balaban J connectivity index is 2.02. The Bertz CT molecular complexity index is 1270. The largest absolute Gasteiger partial charge is 0.573 e. The quantitative estimate of drug-likeness (QED) is 0.377. The van der Waals surface area contributed by atoms with E-state index >= 15 is 0 Å². The summed E-state index contributed by atoms with van der Waals surface area (Å²) in [5.74, 6) is -1.13. The van der Waals surface area contributed by atoms with Gasteiger partial charge in [0.05, 0.1) is 16.7 Å². The van der Waals surface area contributed by atoms with Crippen LogP contribution in [0.2, 0.25) is 0 Å². The van der Waals surface area contributed by atoms with Gasteiger partial charge in [0.25, 0.3) is 5.91 Å². The van der Waals surface area contributed by atoms with Crippen molar-refractivity contribution in [3.63, 3.8) is 0 Å². The normalized spacial score (nSPS) is 20.2. The first-order chi connectivity index (χ1) is 18.4. The van der Waals surface area contributed by atoms with Gasteiger partial charge in [-0.3, -0.25) is 9.36 Å². The number of benzene rings is 1. The van der Waals surface area contributed by atoms with E-state index in [9.17, 15) is 41.5 Å². The number of carbonyl (C=O) groups excluding carboxylic acids is 1. The first-order valence-electron chi connectivity index (χ1n) is 12.9. The predicted octanol–water partition coefficient (Wildman–Crippen LogP) is 6.01. The van der Waals surface area contributed by atoms with Crippen LogP contribution < -0.4 is 10.1 Å². The fourth-order valence-corrected chi connectivity index (χ4v) is 4.70. The Hall–Kier alpha value is -3.27. The number of hydrogen-bond acceptors (Lipinski definition) is 5. The summed E-state index contributed by atoms with van der Waals surface area (Å²) in [4.78, 5) is 17.2. The van der Waals surface area contributed by atoms with E-state index in [-0.39, 0.29) is 41.4 Å². The van der Waals surface area contributed by atoms with Crippen LogP contribution in [0.4, 0.5) is 26.3 Å². The highest BCUT2D eigenvalue weighted by atomic mass is 19.4. The number of hydrogen-bond donors (Lipinski definition) is 2. The molecule has 0 saturated heterocycles. The number of nitriles is 1. The summed E-state index contributed by atoms with van der Waals surface area (Å²) in [5.41, 5.74) is -4.49. The molecule has 2 N–H and O–H groups in total. The number of imidazole rings is 1. The number of alkyl halides is 6. The number of aliphatic hydroxyl groups is 1. The van der Waals surface area contributed by atoms with Crippen molar-refractivity contribution in [2.24, 2.45) is 11.3 Å². The molecule has 1 aromatic heterocycles. The molecule has 0 radical (unpaired) electrons. The number of amides is 1. The number of aryl methyl sites for hydroxylation is 1. The van der Waals surface area contributed by atoms with Crippen molar-refractivity contribution in [3.05, 3.63) is 41.0 Å². The van der Waals surface area contributed by atoms with Crippen molar-refractivity contribution in [2.75, 3.05) is 6.54 Å². The molecule has 220 valence electrons. The lowest BCUT2D eigenvalue weighted by atomic mass is 9.79. The van der Waals surface area contributed by atoms with Gasteiger partial charge in [-0.05, 0) is 55.7 Å². The van der Waals surface area contributed by atoms with Crippen molar-refractivity contribution in [3.8, 4) is 17.5 Å². The third-order valence-corrected chi connectivity index (χ3v) is 7.27. The summed E-state index contributed by atoms with van der Waals surface area (Å²) in [7, 11) is 0. The minimum absolute atomic E-state index is 0.0577. The molecule has 40 heavy (non-hydrogen) atoms. The Kier molecular flexibility index (Phi) is 8.84. The Morgan fingerprint density at radius 1 is 1.23 bits per heavy atom. The van der Waals surface area contributed by atoms with Gasteiger partial charge in [-0.1, -0.05) is 33.8 Å². The molecule has 1 aromatic carbocycles. The fourth-order valence-electron chi connectivity index (χ4n) is 4.70. The SMILES string of the molecule is CCc1nc(C(=O)NCC2(O)CCC(C)CC2)c(C#N)n1-c1ccc(CC(C)(C)C(F)(F)F)cc1OC(F)(F)F. The van der Waals surface area contributed by atoms with Crippen molar-refractivity contribution in [1.29, 1.82) is 5.26 Å². The number of ether oxygens (including phenoxy) is 1. The maximum Gasteiger partial charge on any atom is 0.573 e. The van der Waals surface area contributed by atoms with Crippen LogP contribution >= 0.6 is 0 Å². The summed E-state index contributed by atoms with van der Waals surface area (Å²) in [6, 6.07) is 4.97. The lowest BCUT2D eigenvalue weighted by molar-refractivity contribution is -0.274. The maximum atomic E-state index is 13.4. The van der Waals surface area contributed by atoms with Gasteiger partial charge in [0.2, 0.25) is 0 Å². The van der Waals surface area contributed by atoms with Crippen LogP contribution in [0, 0.1) is 22.7 Å². The zero-order valence-electron chi connectivity index (χ0n) is 22.6. The molecule has 1 saturated carbocycles. The van der Waals surface area contributed by atoms with Crippen LogP contribution in [0.5, 0.6) is 5.75 Å². The van der Waals surface area contributed by atoms with Crippen LogP contribution in [0.1, 0.15) is 80.9 Å². The highest BCUT2D eigenvalue weighted by Gasteiger charge is 2.47. The topological polar surface area (TPSA) is 100 Å². The van der Waals surface area contributed by atoms with Gasteiger partial charge >= 0.3 is 12.5 Å². The van der Waals surface area contributed by atoms with E-state index in [4.69, 9.17) is 0 Å². The summed E-state index contributed by atoms with van der Waals surface area (Å²) in [6.07, 6.45) is -7.83. The minimum atomic E-state index is -5.19. The van der Waals surface area contributed by atoms with Crippen molar-refractivity contribution in [1.82, 2.24) is 14.9 Å². The maximum absolute atomic E-state index is 13.4. The standard InChI is InChI=1S/C27H32F6N4O3/c1-5-21-36-22(23(38)35-15-25(39)10-8-16(2)9-11-25)19(14-34)37(21)18-7-6-17(12-20(18)40-27(31,32)33)13-24(3,4)26(28,29)30/h6-7,12,16,39H,5,8-11,13,15H2,1-4H3,(H,35,38). The molecule has 0 aliphatic heterocycles. The van der Waals surface area contributed by atoms with Crippen molar-refractivity contribution >= 4 is 5.91 Å². The van der Waals surface area contributed by atoms with Gasteiger partial charge in [-0.25, -0.2) is 4.98 Å². The molecule has 1 amide bonds. The van der Waals surface area contributed by atoms with Crippen LogP contribution in [-0.2, 0) is 12.8 Å². The molecule has 1 aliphatic carbocycles. The fraction of sp³-hybridized carbons (Fsp3) is 0.593. The van der Waals surface area contributed by atoms with Gasteiger partial charge in [0.15, 0.2) is 17.1 Å². The van der Waals surface area contributed by atoms with Gasteiger partial charge in [-0.2, -0.15) is 18.4 Å². The smallest absolute Gasteiger partial charge is 0.404 e. The number of halogens is 6. The van der Waals surface area contributed by atoms with E-state index < -0.39 is 41.6 Å². The average Bonchev–Trinajstić information content (AvgIpc) is 3.21. The molecule has 0 bridgehead atoms. The summed E-state index contributed by atoms with van der Waals surface area (Å²) in [6.45, 7) is 5.44. The first kappa shape index (κ1) is 31.3. The molecule has 0 unspecified atom stereocenters. The zero-order valence-corrected chi connectivity index (χ0v) is 22.6. The van der Waals surface area contributed by atoms with Gasteiger partial charge in [0, 0.05) is 13.0 Å². The molecule has 1 aliphatic rings. The highest BCUT2D eigenvalue weighted by molar-refractivity contribution is 5.94. The molecule has 0 spiro atoms. The van der Waals surface area contributed by atoms with Crippen LogP contribution in [0.15, 0.2) is 18.2 Å². The number of aromatic nitrogens is 2. The number of carbonyl (C=O) groups is 1. The molecule has 2 aromatic rings. The highest BCUT2D eigenvalue weighted by Crippen LogP contribution is 2.42. The first-order valence-corrected chi connectivity index (χ1v) is 12.9. The van der Waals surface area contributed by atoms with Crippen molar-refractivity contribution < 1.29 is 41.0 Å². The summed E-state index contributed by atoms with van der Waals surface area (Å²) >= 11 is 0. The molecule has 0 atom stereocenters. The third kappa shape index (κ3) is 7.08. The molecule has 1 fully saturated rings. The van der Waals surface area contributed by atoms with Crippen molar-refractivity contribution in [2.45, 2.75) is 84.4 Å². The van der Waals surface area contributed by atoms with Crippen LogP contribution in [0.3, 0.4) is 0 Å². The Morgan fingerprint density at radius 2 is 1.85 bits per heavy atom. The molecule has 13 heteroatoms. The second kappa shape index (κ2) is 11.3. The van der Waals surface area contributed by atoms with E-state index in [0.29, 0.717) is 18.8 Å². The number of nitrogens with one attached hydrogen (secondary N) is 1. The van der Waals surface area contributed by atoms with E-state index in [2.05, 4.69) is 22.0 Å². The van der Waals surface area contributed by atoms with Crippen LogP contribution in [0.25, 0.3) is 5.69 Å². The Labute approximate surface area is 228 Å². The predicted molar refractivity (Wildman–Crippen MR) is 133 cm³/mol. The van der Waals surface area contributed by atoms with Gasteiger partial charge < -0.3 is 15.2 Å². The number of rotatable bonds is 8. The van der Waals surface area contributed by atoms with E-state index in [1.54, 1.807) is 13.0 Å². The molecular formula is C27H32F6N4O3. The van der Waals surface area contributed by atoms with Gasteiger partial charge in [0.1, 0.15) is 11.9 Å². The summed E-state index contributed by atoms with van der Waals surface area (Å²) in [5, 5.41) is 23.3. The zero-order chi connectivity index (χ0) is 30.1. The van der Waals surface area contributed by atoms with E-state index in [1.165, 1.54) is 6.07 Å². The molecule has 3 rings (SSSR count). The second-order valence-electron chi connectivity index (χ2n) is 11.0. The van der Waals surface area contributed by atoms with E-state index in [1.807, 2.05) is 0 Å². The molecule has 7 nitrogen and oxygen atoms in total. The lowest BCUT2D eigenvalue weighted by Crippen LogP contribution is -2.45. The monoisotopic (exact) mass is 574 g/mol. The summed E-state index contributed by atoms with van der Waals surface area (Å²) < 4.78 is 85.5. The lowest BCUT2D eigenvalue weighted by Gasteiger charge is -2.34. The molecule has 1 heterocycles. The Morgan fingerprint density at radius 3 is 2.38 bits per heavy atom. The van der Waals surface area contributed by atoms with Crippen LogP contribution in [-0.4, -0.2) is 45.2 Å². The minimum Gasteiger partial charge on any atom is -0.404 e. The van der Waals surface area contributed by atoms with Gasteiger partial charge in [-0.15, -0.1) is 13.2 Å². The second-order valence-corrected chi connectivity index (χ2v) is 11.0. The molecular weight excluding hydrogens is 542 g/mol. The third-order valence-electron chi connectivity index (χ3n) is 7.27. The number of nitrogens with zero attached hydrogens (tertiary/aromatic N) is 3. The van der Waals surface area contributed by atoms with E-state index in [0.717, 1.165) is 43.4 Å².